The van der Waals surface area contributed by atoms with Gasteiger partial charge in [0.25, 0.3) is 0 Å². The SMILES string of the molecule is N#Cc1ccc(Oc2ccc(Br)cc2Cl)c2ccccc12. The van der Waals surface area contributed by atoms with Gasteiger partial charge in [-0.25, -0.2) is 0 Å². The van der Waals surface area contributed by atoms with Crippen molar-refractivity contribution in [1.29, 1.82) is 5.26 Å². The van der Waals surface area contributed by atoms with Gasteiger partial charge in [-0.2, -0.15) is 5.26 Å². The average molecular weight is 359 g/mol. The van der Waals surface area contributed by atoms with E-state index >= 15 is 0 Å². The van der Waals surface area contributed by atoms with Gasteiger partial charge in [-0.15, -0.1) is 0 Å². The molecule has 0 spiro atoms. The Morgan fingerprint density at radius 3 is 2.38 bits per heavy atom. The maximum Gasteiger partial charge on any atom is 0.146 e. The van der Waals surface area contributed by atoms with Crippen molar-refractivity contribution in [2.45, 2.75) is 0 Å². The van der Waals surface area contributed by atoms with Crippen molar-refractivity contribution in [3.63, 3.8) is 0 Å². The third-order valence-corrected chi connectivity index (χ3v) is 3.91. The van der Waals surface area contributed by atoms with Crippen LogP contribution >= 0.6 is 27.5 Å². The number of nitrogens with zero attached hydrogens (tertiary/aromatic N) is 1. The minimum Gasteiger partial charge on any atom is -0.455 e. The van der Waals surface area contributed by atoms with Gasteiger partial charge in [-0.3, -0.25) is 0 Å². The number of hydrogen-bond acceptors (Lipinski definition) is 2. The summed E-state index contributed by atoms with van der Waals surface area (Å²) in [4.78, 5) is 0. The Morgan fingerprint density at radius 2 is 1.67 bits per heavy atom. The molecule has 0 aromatic heterocycles. The first-order chi connectivity index (χ1) is 10.2. The molecule has 0 radical (unpaired) electrons. The first-order valence-electron chi connectivity index (χ1n) is 6.24. The van der Waals surface area contributed by atoms with Crippen molar-refractivity contribution in [3.8, 4) is 17.6 Å². The molecule has 0 aliphatic carbocycles. The zero-order valence-corrected chi connectivity index (χ0v) is 13.1. The summed E-state index contributed by atoms with van der Waals surface area (Å²) in [7, 11) is 0. The van der Waals surface area contributed by atoms with E-state index < -0.39 is 0 Å². The number of hydrogen-bond donors (Lipinski definition) is 0. The molecule has 0 atom stereocenters. The molecule has 0 fully saturated rings. The van der Waals surface area contributed by atoms with Gasteiger partial charge in [0.1, 0.15) is 11.5 Å². The summed E-state index contributed by atoms with van der Waals surface area (Å²) in [6.07, 6.45) is 0. The molecule has 0 N–H and O–H groups in total. The molecule has 21 heavy (non-hydrogen) atoms. The van der Waals surface area contributed by atoms with Crippen LogP contribution in [-0.2, 0) is 0 Å². The molecule has 3 aromatic rings. The number of rotatable bonds is 2. The lowest BCUT2D eigenvalue weighted by molar-refractivity contribution is 0.488. The van der Waals surface area contributed by atoms with Gasteiger partial charge < -0.3 is 4.74 Å². The number of fused-ring (bicyclic) bond motifs is 1. The molecule has 0 saturated heterocycles. The number of nitriles is 1. The van der Waals surface area contributed by atoms with E-state index in [-0.39, 0.29) is 0 Å². The number of benzene rings is 3. The molecule has 0 aliphatic rings. The van der Waals surface area contributed by atoms with E-state index in [1.165, 1.54) is 0 Å². The van der Waals surface area contributed by atoms with Crippen LogP contribution < -0.4 is 4.74 Å². The second-order valence-electron chi connectivity index (χ2n) is 4.45. The second kappa shape index (κ2) is 5.77. The standard InChI is InChI=1S/C17H9BrClNO/c18-12-6-8-17(15(19)9-12)21-16-7-5-11(10-20)13-3-1-2-4-14(13)16/h1-9H. The van der Waals surface area contributed by atoms with Gasteiger partial charge in [-0.05, 0) is 30.3 Å². The van der Waals surface area contributed by atoms with Crippen LogP contribution in [0, 0.1) is 11.3 Å². The topological polar surface area (TPSA) is 33.0 Å². The van der Waals surface area contributed by atoms with Crippen molar-refractivity contribution >= 4 is 38.3 Å². The third kappa shape index (κ3) is 2.73. The van der Waals surface area contributed by atoms with E-state index in [9.17, 15) is 5.26 Å². The zero-order chi connectivity index (χ0) is 14.8. The number of ether oxygens (including phenoxy) is 1. The minimum absolute atomic E-state index is 0.526. The van der Waals surface area contributed by atoms with Gasteiger partial charge in [-0.1, -0.05) is 51.8 Å². The zero-order valence-electron chi connectivity index (χ0n) is 10.8. The molecule has 0 amide bonds. The van der Waals surface area contributed by atoms with Gasteiger partial charge in [0.15, 0.2) is 0 Å². The van der Waals surface area contributed by atoms with Crippen LogP contribution in [0.2, 0.25) is 5.02 Å². The highest BCUT2D eigenvalue weighted by molar-refractivity contribution is 9.10. The summed E-state index contributed by atoms with van der Waals surface area (Å²) in [5.41, 5.74) is 0.625. The van der Waals surface area contributed by atoms with Crippen molar-refractivity contribution in [2.75, 3.05) is 0 Å². The molecule has 2 nitrogen and oxygen atoms in total. The van der Waals surface area contributed by atoms with E-state index in [4.69, 9.17) is 16.3 Å². The van der Waals surface area contributed by atoms with Crippen molar-refractivity contribution in [2.24, 2.45) is 0 Å². The summed E-state index contributed by atoms with van der Waals surface area (Å²) in [6, 6.07) is 18.8. The lowest BCUT2D eigenvalue weighted by Crippen LogP contribution is -1.89. The molecule has 3 aromatic carbocycles. The van der Waals surface area contributed by atoms with Crippen LogP contribution in [0.25, 0.3) is 10.8 Å². The second-order valence-corrected chi connectivity index (χ2v) is 5.77. The summed E-state index contributed by atoms with van der Waals surface area (Å²) in [5.74, 6) is 1.25. The molecule has 102 valence electrons. The largest absolute Gasteiger partial charge is 0.455 e. The Balaban J connectivity index is 2.12. The maximum atomic E-state index is 9.17. The van der Waals surface area contributed by atoms with E-state index in [2.05, 4.69) is 22.0 Å². The van der Waals surface area contributed by atoms with Crippen molar-refractivity contribution in [1.82, 2.24) is 0 Å². The Kier molecular flexibility index (Phi) is 3.83. The van der Waals surface area contributed by atoms with Gasteiger partial charge in [0.2, 0.25) is 0 Å². The fourth-order valence-electron chi connectivity index (χ4n) is 2.13. The molecule has 0 saturated carbocycles. The van der Waals surface area contributed by atoms with Crippen molar-refractivity contribution < 1.29 is 4.74 Å². The van der Waals surface area contributed by atoms with Crippen LogP contribution in [0.5, 0.6) is 11.5 Å². The van der Waals surface area contributed by atoms with Gasteiger partial charge >= 0.3 is 0 Å². The van der Waals surface area contributed by atoms with Crippen LogP contribution in [-0.4, -0.2) is 0 Å². The quantitative estimate of drug-likeness (QED) is 0.569. The minimum atomic E-state index is 0.526. The Morgan fingerprint density at radius 1 is 0.952 bits per heavy atom. The smallest absolute Gasteiger partial charge is 0.146 e. The Hall–Kier alpha value is -2.02. The van der Waals surface area contributed by atoms with E-state index in [0.29, 0.717) is 22.1 Å². The van der Waals surface area contributed by atoms with E-state index in [1.807, 2.05) is 30.3 Å². The molecule has 0 bridgehead atoms. The summed E-state index contributed by atoms with van der Waals surface area (Å²) in [5, 5.41) is 11.5. The molecular formula is C17H9BrClNO. The summed E-state index contributed by atoms with van der Waals surface area (Å²) >= 11 is 9.55. The van der Waals surface area contributed by atoms with Gasteiger partial charge in [0, 0.05) is 15.2 Å². The lowest BCUT2D eigenvalue weighted by Gasteiger charge is -2.11. The third-order valence-electron chi connectivity index (χ3n) is 3.12. The van der Waals surface area contributed by atoms with Crippen molar-refractivity contribution in [3.05, 3.63) is 69.7 Å². The summed E-state index contributed by atoms with van der Waals surface area (Å²) < 4.78 is 6.81. The lowest BCUT2D eigenvalue weighted by atomic mass is 10.0. The van der Waals surface area contributed by atoms with Crippen LogP contribution in [0.1, 0.15) is 5.56 Å². The van der Waals surface area contributed by atoms with Gasteiger partial charge in [0.05, 0.1) is 16.7 Å². The maximum absolute atomic E-state index is 9.17. The molecular weight excluding hydrogens is 350 g/mol. The highest BCUT2D eigenvalue weighted by Crippen LogP contribution is 2.35. The molecule has 0 heterocycles. The van der Waals surface area contributed by atoms with Crippen LogP contribution in [0.4, 0.5) is 0 Å². The van der Waals surface area contributed by atoms with E-state index in [1.54, 1.807) is 24.3 Å². The Bertz CT molecular complexity index is 870. The molecule has 4 heteroatoms. The molecule has 0 unspecified atom stereocenters. The fourth-order valence-corrected chi connectivity index (χ4v) is 2.85. The monoisotopic (exact) mass is 357 g/mol. The van der Waals surface area contributed by atoms with E-state index in [0.717, 1.165) is 15.2 Å². The van der Waals surface area contributed by atoms with Crippen LogP contribution in [0.15, 0.2) is 59.1 Å². The average Bonchev–Trinajstić information content (AvgIpc) is 2.50. The predicted octanol–water partition coefficient (Wildman–Crippen LogP) is 5.92. The molecule has 3 rings (SSSR count). The number of halogens is 2. The highest BCUT2D eigenvalue weighted by atomic mass is 79.9. The first kappa shape index (κ1) is 13.9. The molecule has 0 aliphatic heterocycles. The summed E-state index contributed by atoms with van der Waals surface area (Å²) in [6.45, 7) is 0. The highest BCUT2D eigenvalue weighted by Gasteiger charge is 2.09. The Labute approximate surface area is 135 Å². The normalized spacial score (nSPS) is 10.3. The van der Waals surface area contributed by atoms with Crippen LogP contribution in [0.3, 0.4) is 0 Å². The predicted molar refractivity (Wildman–Crippen MR) is 87.9 cm³/mol. The fraction of sp³-hybridized carbons (Fsp3) is 0. The first-order valence-corrected chi connectivity index (χ1v) is 7.41.